The van der Waals surface area contributed by atoms with Crippen molar-refractivity contribution in [2.75, 3.05) is 25.1 Å². The molecule has 0 bridgehead atoms. The number of amides is 1. The zero-order valence-electron chi connectivity index (χ0n) is 12.7. The molecule has 2 rings (SSSR count). The van der Waals surface area contributed by atoms with Crippen LogP contribution in [0.5, 0.6) is 0 Å². The van der Waals surface area contributed by atoms with Crippen LogP contribution in [-0.4, -0.2) is 37.6 Å². The van der Waals surface area contributed by atoms with Crippen molar-refractivity contribution in [1.82, 2.24) is 0 Å². The number of ketones is 1. The van der Waals surface area contributed by atoms with Crippen LogP contribution in [0.1, 0.15) is 30.6 Å². The summed E-state index contributed by atoms with van der Waals surface area (Å²) in [5.74, 6) is -0.509. The first-order valence-corrected chi connectivity index (χ1v) is 7.68. The topological polar surface area (TPSA) is 64.6 Å². The van der Waals surface area contributed by atoms with Crippen LogP contribution in [0.15, 0.2) is 18.2 Å². The van der Waals surface area contributed by atoms with Crippen molar-refractivity contribution in [3.63, 3.8) is 0 Å². The van der Waals surface area contributed by atoms with Gasteiger partial charge in [-0.1, -0.05) is 11.6 Å². The number of carbonyl (C=O) groups is 2. The van der Waals surface area contributed by atoms with Crippen LogP contribution in [0.3, 0.4) is 0 Å². The summed E-state index contributed by atoms with van der Waals surface area (Å²) in [5, 5.41) is 3.16. The van der Waals surface area contributed by atoms with Gasteiger partial charge < -0.3 is 14.8 Å². The van der Waals surface area contributed by atoms with Gasteiger partial charge in [0.15, 0.2) is 5.78 Å². The molecule has 1 saturated heterocycles. The lowest BCUT2D eigenvalue weighted by molar-refractivity contribution is -0.121. The van der Waals surface area contributed by atoms with Crippen molar-refractivity contribution in [2.24, 2.45) is 5.92 Å². The van der Waals surface area contributed by atoms with Gasteiger partial charge in [0, 0.05) is 23.1 Å². The minimum absolute atomic E-state index is 0.0331. The molecule has 0 radical (unpaired) electrons. The molecule has 1 aliphatic rings. The fourth-order valence-corrected chi connectivity index (χ4v) is 2.40. The van der Waals surface area contributed by atoms with E-state index in [1.165, 1.54) is 0 Å². The van der Waals surface area contributed by atoms with E-state index in [4.69, 9.17) is 21.1 Å². The largest absolute Gasteiger partial charge is 0.381 e. The average molecular weight is 326 g/mol. The molecule has 1 aromatic carbocycles. The van der Waals surface area contributed by atoms with Crippen LogP contribution in [0.4, 0.5) is 5.69 Å². The maximum Gasteiger partial charge on any atom is 0.250 e. The molecule has 1 amide bonds. The van der Waals surface area contributed by atoms with Gasteiger partial charge in [-0.2, -0.15) is 0 Å². The monoisotopic (exact) mass is 325 g/mol. The van der Waals surface area contributed by atoms with Crippen LogP contribution in [0, 0.1) is 5.92 Å². The van der Waals surface area contributed by atoms with E-state index in [9.17, 15) is 9.59 Å². The van der Waals surface area contributed by atoms with Crippen molar-refractivity contribution in [1.29, 1.82) is 0 Å². The number of carbonyl (C=O) groups excluding carboxylic acids is 2. The molecular formula is C16H20ClNO4. The normalized spacial score (nSPS) is 17.7. The first-order chi connectivity index (χ1) is 10.5. The predicted octanol–water partition coefficient (Wildman–Crippen LogP) is 2.92. The fourth-order valence-electron chi connectivity index (χ4n) is 2.22. The Hall–Kier alpha value is -1.43. The number of hydrogen-bond acceptors (Lipinski definition) is 4. The summed E-state index contributed by atoms with van der Waals surface area (Å²) in [6.07, 6.45) is 0.660. The SMILES string of the molecule is CC(C)OCC(=O)Nc1cc(Cl)ccc1C(=O)[C@H]1CCOC1. The molecule has 1 aromatic rings. The van der Waals surface area contributed by atoms with E-state index in [0.717, 1.165) is 0 Å². The lowest BCUT2D eigenvalue weighted by atomic mass is 9.96. The van der Waals surface area contributed by atoms with E-state index < -0.39 is 0 Å². The molecule has 0 spiro atoms. The Morgan fingerprint density at radius 3 is 2.86 bits per heavy atom. The third-order valence-corrected chi connectivity index (χ3v) is 3.60. The molecule has 1 N–H and O–H groups in total. The number of benzene rings is 1. The molecule has 6 heteroatoms. The van der Waals surface area contributed by atoms with Crippen LogP contribution in [0.25, 0.3) is 0 Å². The third kappa shape index (κ3) is 4.53. The smallest absolute Gasteiger partial charge is 0.250 e. The van der Waals surface area contributed by atoms with E-state index in [2.05, 4.69) is 5.32 Å². The lowest BCUT2D eigenvalue weighted by Gasteiger charge is -2.14. The molecule has 0 saturated carbocycles. The van der Waals surface area contributed by atoms with Gasteiger partial charge in [0.2, 0.25) is 5.91 Å². The Balaban J connectivity index is 2.13. The minimum atomic E-state index is -0.312. The summed E-state index contributed by atoms with van der Waals surface area (Å²) < 4.78 is 10.5. The number of nitrogens with one attached hydrogen (secondary N) is 1. The molecule has 1 heterocycles. The first kappa shape index (κ1) is 16.9. The summed E-state index contributed by atoms with van der Waals surface area (Å²) in [6, 6.07) is 4.87. The molecule has 1 aliphatic heterocycles. The van der Waals surface area contributed by atoms with Gasteiger partial charge in [-0.3, -0.25) is 9.59 Å². The number of rotatable bonds is 6. The minimum Gasteiger partial charge on any atom is -0.381 e. The second-order valence-electron chi connectivity index (χ2n) is 5.52. The number of anilines is 1. The van der Waals surface area contributed by atoms with E-state index in [1.807, 2.05) is 13.8 Å². The van der Waals surface area contributed by atoms with Gasteiger partial charge in [0.05, 0.1) is 18.4 Å². The van der Waals surface area contributed by atoms with Crippen molar-refractivity contribution in [3.8, 4) is 0 Å². The predicted molar refractivity (Wildman–Crippen MR) is 84.4 cm³/mol. The quantitative estimate of drug-likeness (QED) is 0.817. The van der Waals surface area contributed by atoms with E-state index in [-0.39, 0.29) is 30.3 Å². The highest BCUT2D eigenvalue weighted by molar-refractivity contribution is 6.31. The van der Waals surface area contributed by atoms with Gasteiger partial charge in [-0.15, -0.1) is 0 Å². The summed E-state index contributed by atoms with van der Waals surface area (Å²) in [4.78, 5) is 24.4. The number of halogens is 1. The standard InChI is InChI=1S/C16H20ClNO4/c1-10(2)22-9-15(19)18-14-7-12(17)3-4-13(14)16(20)11-5-6-21-8-11/h3-4,7,10-11H,5-6,8-9H2,1-2H3,(H,18,19)/t11-/m0/s1. The highest BCUT2D eigenvalue weighted by Crippen LogP contribution is 2.26. The van der Waals surface area contributed by atoms with Crippen LogP contribution >= 0.6 is 11.6 Å². The lowest BCUT2D eigenvalue weighted by Crippen LogP contribution is -2.23. The summed E-state index contributed by atoms with van der Waals surface area (Å²) in [5.41, 5.74) is 0.875. The molecule has 0 unspecified atom stereocenters. The van der Waals surface area contributed by atoms with Gasteiger partial charge in [-0.25, -0.2) is 0 Å². The molecule has 1 atom stereocenters. The summed E-state index contributed by atoms with van der Waals surface area (Å²) >= 11 is 5.97. The van der Waals surface area contributed by atoms with Crippen molar-refractivity contribution in [3.05, 3.63) is 28.8 Å². The highest BCUT2D eigenvalue weighted by Gasteiger charge is 2.26. The van der Waals surface area contributed by atoms with Crippen molar-refractivity contribution >= 4 is 29.0 Å². The Morgan fingerprint density at radius 2 is 2.23 bits per heavy atom. The Morgan fingerprint density at radius 1 is 1.45 bits per heavy atom. The molecule has 120 valence electrons. The van der Waals surface area contributed by atoms with Gasteiger partial charge in [-0.05, 0) is 38.5 Å². The number of hydrogen-bond donors (Lipinski definition) is 1. The summed E-state index contributed by atoms with van der Waals surface area (Å²) in [7, 11) is 0. The van der Waals surface area contributed by atoms with Gasteiger partial charge >= 0.3 is 0 Å². The van der Waals surface area contributed by atoms with Crippen molar-refractivity contribution < 1.29 is 19.1 Å². The van der Waals surface area contributed by atoms with Crippen molar-refractivity contribution in [2.45, 2.75) is 26.4 Å². The Bertz CT molecular complexity index is 553. The van der Waals surface area contributed by atoms with Crippen LogP contribution < -0.4 is 5.32 Å². The molecular weight excluding hydrogens is 306 g/mol. The Kier molecular flexibility index (Phi) is 5.94. The maximum atomic E-state index is 12.5. The molecule has 1 fully saturated rings. The zero-order chi connectivity index (χ0) is 16.1. The number of Topliss-reactive ketones (excluding diaryl/α,β-unsaturated/α-hetero) is 1. The number of ether oxygens (including phenoxy) is 2. The second kappa shape index (κ2) is 7.72. The van der Waals surface area contributed by atoms with E-state index >= 15 is 0 Å². The molecule has 22 heavy (non-hydrogen) atoms. The van der Waals surface area contributed by atoms with E-state index in [0.29, 0.717) is 35.9 Å². The van der Waals surface area contributed by atoms with Gasteiger partial charge in [0.25, 0.3) is 0 Å². The average Bonchev–Trinajstić information content (AvgIpc) is 2.99. The zero-order valence-corrected chi connectivity index (χ0v) is 13.5. The van der Waals surface area contributed by atoms with E-state index in [1.54, 1.807) is 18.2 Å². The molecule has 0 aliphatic carbocycles. The third-order valence-electron chi connectivity index (χ3n) is 3.37. The Labute approximate surface area is 134 Å². The highest BCUT2D eigenvalue weighted by atomic mass is 35.5. The molecule has 0 aromatic heterocycles. The van der Waals surface area contributed by atoms with Crippen LogP contribution in [0.2, 0.25) is 5.02 Å². The van der Waals surface area contributed by atoms with Crippen LogP contribution in [-0.2, 0) is 14.3 Å². The first-order valence-electron chi connectivity index (χ1n) is 7.30. The van der Waals surface area contributed by atoms with Gasteiger partial charge in [0.1, 0.15) is 6.61 Å². The summed E-state index contributed by atoms with van der Waals surface area (Å²) in [6.45, 7) is 4.65. The maximum absolute atomic E-state index is 12.5. The molecule has 5 nitrogen and oxygen atoms in total. The second-order valence-corrected chi connectivity index (χ2v) is 5.96. The fraction of sp³-hybridized carbons (Fsp3) is 0.500.